The molecule has 0 saturated carbocycles. The minimum absolute atomic E-state index is 0.653. The van der Waals surface area contributed by atoms with E-state index < -0.39 is 10.2 Å². The summed E-state index contributed by atoms with van der Waals surface area (Å²) < 4.78 is 47.3. The first-order valence-electron chi connectivity index (χ1n) is 3.60. The number of halogens is 1. The molecule has 0 atom stereocenters. The first kappa shape index (κ1) is 16.4. The Hall–Kier alpha value is 0.01000. The molecule has 14 heavy (non-hydrogen) atoms. The van der Waals surface area contributed by atoms with Crippen molar-refractivity contribution >= 4 is 0 Å². The van der Waals surface area contributed by atoms with Crippen LogP contribution in [0.15, 0.2) is 0 Å². The molecule has 0 aliphatic rings. The van der Waals surface area contributed by atoms with Crippen LogP contribution in [-0.4, -0.2) is 45.3 Å². The van der Waals surface area contributed by atoms with Gasteiger partial charge < -0.3 is 14.2 Å². The van der Waals surface area contributed by atoms with Crippen molar-refractivity contribution in [2.75, 3.05) is 40.6 Å². The van der Waals surface area contributed by atoms with Gasteiger partial charge in [-0.15, -0.1) is 0 Å². The lowest BCUT2D eigenvalue weighted by Crippen LogP contribution is -2.58. The molecule has 0 aromatic rings. The average molecular weight is 235 g/mol. The van der Waals surface area contributed by atoms with E-state index >= 15 is 0 Å². The zero-order valence-corrected chi connectivity index (χ0v) is 8.86. The van der Waals surface area contributed by atoms with Crippen molar-refractivity contribution in [1.29, 1.82) is 0 Å². The molecule has 0 heterocycles. The second-order valence-corrected chi connectivity index (χ2v) is 2.79. The minimum Gasteiger partial charge on any atom is -0.382 e. The van der Waals surface area contributed by atoms with Crippen LogP contribution in [0.1, 0.15) is 0 Å². The van der Waals surface area contributed by atoms with E-state index in [2.05, 4.69) is 0 Å². The second kappa shape index (κ2) is 11.1. The number of ether oxygens (including phenoxy) is 3. The molecule has 0 aromatic heterocycles. The van der Waals surface area contributed by atoms with Gasteiger partial charge in [0.1, 0.15) is 0 Å². The van der Waals surface area contributed by atoms with Gasteiger partial charge in [0.15, 0.2) is 0 Å². The molecule has 0 aliphatic carbocycles. The van der Waals surface area contributed by atoms with Crippen molar-refractivity contribution in [3.63, 3.8) is 0 Å². The maximum atomic E-state index is 8.60. The third-order valence-electron chi connectivity index (χ3n) is 0.864. The van der Waals surface area contributed by atoms with Gasteiger partial charge >= 0.3 is 0 Å². The zero-order chi connectivity index (χ0) is 11.4. The summed E-state index contributed by atoms with van der Waals surface area (Å²) in [7, 11) is -1.39. The normalized spacial score (nSPS) is 10.7. The summed E-state index contributed by atoms with van der Waals surface area (Å²) in [5.74, 6) is 0. The predicted octanol–water partition coefficient (Wildman–Crippen LogP) is -3.83. The molecular formula is C6H15ClO7. The molecule has 1 N–H and O–H groups in total. The van der Waals surface area contributed by atoms with Crippen LogP contribution in [0, 0.1) is 10.2 Å². The summed E-state index contributed by atoms with van der Waals surface area (Å²) in [6.45, 7) is 2.62. The van der Waals surface area contributed by atoms with Crippen LogP contribution in [0.5, 0.6) is 0 Å². The van der Waals surface area contributed by atoms with Crippen LogP contribution in [0.3, 0.4) is 0 Å². The third kappa shape index (κ3) is 40.3. The van der Waals surface area contributed by atoms with Gasteiger partial charge in [0, 0.05) is 14.2 Å². The lowest BCUT2D eigenvalue weighted by molar-refractivity contribution is -1.92. The molecule has 0 aromatic carbocycles. The maximum Gasteiger partial charge on any atom is 0.0777 e. The molecular weight excluding hydrogens is 220 g/mol. The first-order valence-corrected chi connectivity index (χ1v) is 4.87. The Bertz CT molecular complexity index is 92.8. The topological polar surface area (TPSA) is 117 Å². The Morgan fingerprint density at radius 1 is 0.929 bits per heavy atom. The molecule has 0 rings (SSSR count). The van der Waals surface area contributed by atoms with Crippen LogP contribution >= 0.6 is 0 Å². The monoisotopic (exact) mass is 234 g/mol. The lowest BCUT2D eigenvalue weighted by atomic mass is 10.7. The van der Waals surface area contributed by atoms with Crippen molar-refractivity contribution in [2.45, 2.75) is 0 Å². The predicted molar refractivity (Wildman–Crippen MR) is 36.8 cm³/mol. The average Bonchev–Trinajstić information content (AvgIpc) is 2.01. The molecule has 0 saturated heterocycles. The van der Waals surface area contributed by atoms with E-state index in [0.29, 0.717) is 26.4 Å². The zero-order valence-electron chi connectivity index (χ0n) is 8.10. The van der Waals surface area contributed by atoms with Gasteiger partial charge in [-0.05, 0) is 0 Å². The summed E-state index contributed by atoms with van der Waals surface area (Å²) in [6, 6.07) is 0. The number of hydrogen-bond donors (Lipinski definition) is 1. The van der Waals surface area contributed by atoms with Gasteiger partial charge in [-0.3, -0.25) is 0 Å². The van der Waals surface area contributed by atoms with Crippen molar-refractivity contribution < 1.29 is 43.1 Å². The SMILES string of the molecule is COCCOCCOC.[O-][Cl+3]([O-])([O-])O. The summed E-state index contributed by atoms with van der Waals surface area (Å²) in [5, 5.41) is 0. The Labute approximate surface area is 84.5 Å². The molecule has 0 fully saturated rings. The summed E-state index contributed by atoms with van der Waals surface area (Å²) in [6.07, 6.45) is 0. The van der Waals surface area contributed by atoms with Gasteiger partial charge in [-0.25, -0.2) is 0 Å². The summed E-state index contributed by atoms with van der Waals surface area (Å²) in [4.78, 5) is 0. The van der Waals surface area contributed by atoms with Crippen molar-refractivity contribution in [3.05, 3.63) is 0 Å². The maximum absolute atomic E-state index is 8.60. The van der Waals surface area contributed by atoms with Crippen molar-refractivity contribution in [3.8, 4) is 0 Å². The highest BCUT2D eigenvalue weighted by Crippen LogP contribution is 1.75. The van der Waals surface area contributed by atoms with Crippen LogP contribution in [-0.2, 0) is 14.2 Å². The fourth-order valence-electron chi connectivity index (χ4n) is 0.387. The summed E-state index contributed by atoms with van der Waals surface area (Å²) in [5.41, 5.74) is 0. The van der Waals surface area contributed by atoms with Crippen LogP contribution in [0.4, 0.5) is 0 Å². The molecule has 0 unspecified atom stereocenters. The quantitative estimate of drug-likeness (QED) is 0.468. The minimum atomic E-state index is -4.69. The Morgan fingerprint density at radius 2 is 1.21 bits per heavy atom. The van der Waals surface area contributed by atoms with E-state index in [9.17, 15) is 0 Å². The van der Waals surface area contributed by atoms with E-state index in [1.165, 1.54) is 0 Å². The van der Waals surface area contributed by atoms with Crippen LogP contribution < -0.4 is 14.0 Å². The smallest absolute Gasteiger partial charge is 0.0777 e. The van der Waals surface area contributed by atoms with Gasteiger partial charge in [0.25, 0.3) is 0 Å². The van der Waals surface area contributed by atoms with Crippen LogP contribution in [0.25, 0.3) is 0 Å². The molecule has 7 nitrogen and oxygen atoms in total. The molecule has 0 bridgehead atoms. The number of hydrogen-bond acceptors (Lipinski definition) is 7. The Morgan fingerprint density at radius 3 is 1.43 bits per heavy atom. The van der Waals surface area contributed by atoms with Gasteiger partial charge in [-0.1, -0.05) is 0 Å². The molecule has 8 heteroatoms. The lowest BCUT2D eigenvalue weighted by Gasteiger charge is -2.03. The highest BCUT2D eigenvalue weighted by molar-refractivity contribution is 4.28. The van der Waals surface area contributed by atoms with Crippen LogP contribution in [0.2, 0.25) is 0 Å². The molecule has 88 valence electrons. The summed E-state index contributed by atoms with van der Waals surface area (Å²) >= 11 is 0. The van der Waals surface area contributed by atoms with Gasteiger partial charge in [0.05, 0.1) is 41.3 Å². The largest absolute Gasteiger partial charge is 0.382 e. The van der Waals surface area contributed by atoms with E-state index in [1.807, 2.05) is 0 Å². The van der Waals surface area contributed by atoms with E-state index in [4.69, 9.17) is 32.8 Å². The standard InChI is InChI=1S/C6H14O3.ClHO4/c1-7-3-5-9-6-4-8-2;2-1(3,4)5/h3-6H2,1-2H3;(H,2,3,4,5). The van der Waals surface area contributed by atoms with Gasteiger partial charge in [0.2, 0.25) is 0 Å². The highest BCUT2D eigenvalue weighted by Gasteiger charge is 1.98. The fraction of sp³-hybridized carbons (Fsp3) is 1.00. The molecule has 0 radical (unpaired) electrons. The highest BCUT2D eigenvalue weighted by atomic mass is 35.7. The molecule has 0 amide bonds. The van der Waals surface area contributed by atoms with Crippen molar-refractivity contribution in [1.82, 2.24) is 0 Å². The Kier molecular flexibility index (Phi) is 13.0. The second-order valence-electron chi connectivity index (χ2n) is 1.99. The number of methoxy groups -OCH3 is 2. The van der Waals surface area contributed by atoms with E-state index in [1.54, 1.807) is 14.2 Å². The Balaban J connectivity index is 0. The third-order valence-corrected chi connectivity index (χ3v) is 0.864. The van der Waals surface area contributed by atoms with Gasteiger partial charge in [-0.2, -0.15) is 14.0 Å². The number of rotatable bonds is 6. The molecule has 0 aliphatic heterocycles. The van der Waals surface area contributed by atoms with Crippen molar-refractivity contribution in [2.24, 2.45) is 0 Å². The fourth-order valence-corrected chi connectivity index (χ4v) is 0.387. The van der Waals surface area contributed by atoms with E-state index in [0.717, 1.165) is 0 Å². The van der Waals surface area contributed by atoms with E-state index in [-0.39, 0.29) is 0 Å². The first-order chi connectivity index (χ1) is 6.41. The molecule has 0 spiro atoms.